The van der Waals surface area contributed by atoms with E-state index in [4.69, 9.17) is 4.74 Å². The minimum atomic E-state index is -1.49. The number of benzene rings is 2. The fourth-order valence-corrected chi connectivity index (χ4v) is 2.59. The maximum Gasteiger partial charge on any atom is 0.136 e. The summed E-state index contributed by atoms with van der Waals surface area (Å²) >= 11 is 0. The molecule has 16 heavy (non-hydrogen) atoms. The molecule has 1 radical (unpaired) electrons. The Morgan fingerprint density at radius 2 is 1.44 bits per heavy atom. The lowest BCUT2D eigenvalue weighted by Gasteiger charge is -2.03. The van der Waals surface area contributed by atoms with Gasteiger partial charge >= 0.3 is 0 Å². The number of rotatable bonds is 3. The van der Waals surface area contributed by atoms with Gasteiger partial charge in [0.25, 0.3) is 0 Å². The molecule has 1 atom stereocenters. The van der Waals surface area contributed by atoms with E-state index in [0.717, 1.165) is 16.4 Å². The first kappa shape index (κ1) is 10.8. The third kappa shape index (κ3) is 2.29. The molecule has 0 saturated heterocycles. The Hall–Kier alpha value is -1.66. The summed E-state index contributed by atoms with van der Waals surface area (Å²) in [4.78, 5) is 0. The van der Waals surface area contributed by atoms with Gasteiger partial charge in [-0.05, 0) is 36.4 Å². The first-order valence-corrected chi connectivity index (χ1v) is 6.23. The van der Waals surface area contributed by atoms with Crippen molar-refractivity contribution in [3.05, 3.63) is 54.6 Å². The highest BCUT2D eigenvalue weighted by molar-refractivity contribution is 7.61. The van der Waals surface area contributed by atoms with Crippen LogP contribution >= 0.6 is 7.80 Å². The second-order valence-electron chi connectivity index (χ2n) is 3.33. The molecule has 0 bridgehead atoms. The number of ether oxygens (including phenoxy) is 1. The monoisotopic (exact) mass is 231 g/mol. The summed E-state index contributed by atoms with van der Waals surface area (Å²) in [5.41, 5.74) is 0. The van der Waals surface area contributed by atoms with Crippen LogP contribution in [-0.2, 0) is 4.57 Å². The standard InChI is InChI=1S/C13H12O2P/c1-15-11-7-9-13(10-8-11)16(14)12-5-3-2-4-6-12/h2-10H,1H3. The Morgan fingerprint density at radius 3 is 2.00 bits per heavy atom. The third-order valence-corrected chi connectivity index (χ3v) is 3.83. The minimum absolute atomic E-state index is 0.778. The topological polar surface area (TPSA) is 26.3 Å². The molecule has 0 aromatic heterocycles. The largest absolute Gasteiger partial charge is 0.497 e. The van der Waals surface area contributed by atoms with Crippen molar-refractivity contribution < 1.29 is 9.30 Å². The van der Waals surface area contributed by atoms with Gasteiger partial charge in [0.1, 0.15) is 13.6 Å². The molecule has 0 spiro atoms. The van der Waals surface area contributed by atoms with Crippen LogP contribution < -0.4 is 15.3 Å². The molecule has 2 nitrogen and oxygen atoms in total. The molecule has 0 aliphatic carbocycles. The molecule has 1 unspecified atom stereocenters. The number of hydrogen-bond acceptors (Lipinski definition) is 2. The summed E-state index contributed by atoms with van der Waals surface area (Å²) < 4.78 is 17.2. The third-order valence-electron chi connectivity index (χ3n) is 2.30. The Bertz CT molecular complexity index is 477. The molecule has 81 valence electrons. The SMILES string of the molecule is COc1ccc([P](=O)c2ccccc2)cc1. The molecule has 0 fully saturated rings. The smallest absolute Gasteiger partial charge is 0.136 e. The van der Waals surface area contributed by atoms with E-state index in [9.17, 15) is 4.57 Å². The Balaban J connectivity index is 2.28. The van der Waals surface area contributed by atoms with Crippen LogP contribution in [-0.4, -0.2) is 7.11 Å². The van der Waals surface area contributed by atoms with Crippen LogP contribution in [0.3, 0.4) is 0 Å². The highest BCUT2D eigenvalue weighted by Crippen LogP contribution is 2.20. The first-order chi connectivity index (χ1) is 7.81. The fourth-order valence-electron chi connectivity index (χ4n) is 1.43. The quantitative estimate of drug-likeness (QED) is 0.758. The Kier molecular flexibility index (Phi) is 3.33. The second-order valence-corrected chi connectivity index (χ2v) is 4.95. The van der Waals surface area contributed by atoms with Crippen LogP contribution in [0, 0.1) is 0 Å². The summed E-state index contributed by atoms with van der Waals surface area (Å²) in [5, 5.41) is 1.67. The van der Waals surface area contributed by atoms with E-state index in [1.165, 1.54) is 0 Å². The van der Waals surface area contributed by atoms with E-state index in [-0.39, 0.29) is 0 Å². The first-order valence-electron chi connectivity index (χ1n) is 4.97. The highest BCUT2D eigenvalue weighted by atomic mass is 31.1. The minimum Gasteiger partial charge on any atom is -0.497 e. The molecule has 3 heteroatoms. The van der Waals surface area contributed by atoms with Crippen molar-refractivity contribution in [1.29, 1.82) is 0 Å². The molecule has 0 saturated carbocycles. The van der Waals surface area contributed by atoms with E-state index < -0.39 is 7.80 Å². The zero-order chi connectivity index (χ0) is 11.4. The van der Waals surface area contributed by atoms with Gasteiger partial charge in [-0.25, -0.2) is 0 Å². The summed E-state index contributed by atoms with van der Waals surface area (Å²) in [7, 11) is 0.124. The van der Waals surface area contributed by atoms with Crippen LogP contribution in [0.1, 0.15) is 0 Å². The molecule has 0 N–H and O–H groups in total. The normalized spacial score (nSPS) is 10.9. The molecule has 0 heterocycles. The van der Waals surface area contributed by atoms with E-state index >= 15 is 0 Å². The van der Waals surface area contributed by atoms with Crippen molar-refractivity contribution in [3.63, 3.8) is 0 Å². The molecule has 0 aliphatic heterocycles. The van der Waals surface area contributed by atoms with Gasteiger partial charge < -0.3 is 4.74 Å². The van der Waals surface area contributed by atoms with Crippen LogP contribution in [0.25, 0.3) is 0 Å². The van der Waals surface area contributed by atoms with Gasteiger partial charge in [-0.2, -0.15) is 0 Å². The second kappa shape index (κ2) is 4.91. The van der Waals surface area contributed by atoms with Gasteiger partial charge in [0.05, 0.1) is 7.11 Å². The number of hydrogen-bond donors (Lipinski definition) is 0. The summed E-state index contributed by atoms with van der Waals surface area (Å²) in [6.07, 6.45) is 0. The predicted molar refractivity (Wildman–Crippen MR) is 66.3 cm³/mol. The van der Waals surface area contributed by atoms with Crippen molar-refractivity contribution >= 4 is 18.4 Å². The summed E-state index contributed by atoms with van der Waals surface area (Å²) in [6, 6.07) is 16.8. The van der Waals surface area contributed by atoms with Crippen LogP contribution in [0.4, 0.5) is 0 Å². The Morgan fingerprint density at radius 1 is 0.875 bits per heavy atom. The lowest BCUT2D eigenvalue weighted by molar-refractivity contribution is 0.415. The van der Waals surface area contributed by atoms with Gasteiger partial charge in [0, 0.05) is 10.6 Å². The van der Waals surface area contributed by atoms with Crippen LogP contribution in [0.5, 0.6) is 5.75 Å². The maximum absolute atomic E-state index is 12.2. The van der Waals surface area contributed by atoms with Crippen LogP contribution in [0.15, 0.2) is 54.6 Å². The average molecular weight is 231 g/mol. The molecule has 2 aromatic carbocycles. The van der Waals surface area contributed by atoms with Crippen molar-refractivity contribution in [2.24, 2.45) is 0 Å². The van der Waals surface area contributed by atoms with Gasteiger partial charge in [-0.15, -0.1) is 0 Å². The zero-order valence-electron chi connectivity index (χ0n) is 8.96. The average Bonchev–Trinajstić information content (AvgIpc) is 2.39. The van der Waals surface area contributed by atoms with E-state index in [1.54, 1.807) is 7.11 Å². The molecule has 0 amide bonds. The van der Waals surface area contributed by atoms with Gasteiger partial charge in [0.15, 0.2) is 0 Å². The van der Waals surface area contributed by atoms with E-state index in [0.29, 0.717) is 0 Å². The molecule has 2 rings (SSSR count). The molecular formula is C13H12O2P. The predicted octanol–water partition coefficient (Wildman–Crippen LogP) is 2.47. The fraction of sp³-hybridized carbons (Fsp3) is 0.0769. The zero-order valence-corrected chi connectivity index (χ0v) is 9.85. The van der Waals surface area contributed by atoms with E-state index in [1.807, 2.05) is 54.6 Å². The molecular weight excluding hydrogens is 219 g/mol. The van der Waals surface area contributed by atoms with Crippen molar-refractivity contribution in [2.75, 3.05) is 7.11 Å². The lowest BCUT2D eigenvalue weighted by atomic mass is 10.3. The summed E-state index contributed by atoms with van der Waals surface area (Å²) in [5.74, 6) is 0.778. The molecule has 0 aliphatic rings. The summed E-state index contributed by atoms with van der Waals surface area (Å²) in [6.45, 7) is 0. The Labute approximate surface area is 95.7 Å². The van der Waals surface area contributed by atoms with Crippen molar-refractivity contribution in [2.45, 2.75) is 0 Å². The van der Waals surface area contributed by atoms with Crippen molar-refractivity contribution in [3.8, 4) is 5.75 Å². The van der Waals surface area contributed by atoms with E-state index in [2.05, 4.69) is 0 Å². The molecule has 2 aromatic rings. The van der Waals surface area contributed by atoms with Gasteiger partial charge in [0.2, 0.25) is 0 Å². The van der Waals surface area contributed by atoms with Crippen LogP contribution in [0.2, 0.25) is 0 Å². The van der Waals surface area contributed by atoms with Gasteiger partial charge in [-0.3, -0.25) is 4.57 Å². The maximum atomic E-state index is 12.2. The highest BCUT2D eigenvalue weighted by Gasteiger charge is 2.06. The number of methoxy groups -OCH3 is 1. The lowest BCUT2D eigenvalue weighted by Crippen LogP contribution is -2.05. The van der Waals surface area contributed by atoms with Gasteiger partial charge in [-0.1, -0.05) is 18.2 Å². The van der Waals surface area contributed by atoms with Crippen molar-refractivity contribution in [1.82, 2.24) is 0 Å².